The van der Waals surface area contributed by atoms with Gasteiger partial charge in [0.05, 0.1) is 6.07 Å². The van der Waals surface area contributed by atoms with Gasteiger partial charge in [-0.1, -0.05) is 24.6 Å². The summed E-state index contributed by atoms with van der Waals surface area (Å²) in [4.78, 5) is 1.38. The molecule has 0 aromatic heterocycles. The molecule has 1 unspecified atom stereocenters. The number of thioether (sulfide) groups is 1. The van der Waals surface area contributed by atoms with Crippen LogP contribution < -0.4 is 5.32 Å². The molecule has 1 atom stereocenters. The number of aryl methyl sites for hydroxylation is 2. The molecule has 2 rings (SSSR count). The summed E-state index contributed by atoms with van der Waals surface area (Å²) in [5.41, 5.74) is 2.37. The van der Waals surface area contributed by atoms with E-state index >= 15 is 0 Å². The Labute approximate surface area is 133 Å². The molecule has 2 nitrogen and oxygen atoms in total. The quantitative estimate of drug-likeness (QED) is 0.563. The molecule has 1 aromatic carbocycles. The van der Waals surface area contributed by atoms with Crippen LogP contribution in [0.4, 0.5) is 0 Å². The average Bonchev–Trinajstić information content (AvgIpc) is 3.29. The normalized spacial score (nSPS) is 17.2. The summed E-state index contributed by atoms with van der Waals surface area (Å²) in [5.74, 6) is 1.08. The van der Waals surface area contributed by atoms with E-state index in [1.165, 1.54) is 28.9 Å². The van der Waals surface area contributed by atoms with Crippen molar-refractivity contribution in [1.82, 2.24) is 5.32 Å². The average molecular weight is 302 g/mol. The maximum Gasteiger partial charge on any atom is 0.106 e. The molecule has 21 heavy (non-hydrogen) atoms. The van der Waals surface area contributed by atoms with Gasteiger partial charge in [-0.15, -0.1) is 11.8 Å². The first-order valence-corrected chi connectivity index (χ1v) is 8.96. The van der Waals surface area contributed by atoms with Crippen molar-refractivity contribution in [2.45, 2.75) is 69.4 Å². The van der Waals surface area contributed by atoms with Gasteiger partial charge in [-0.25, -0.2) is 0 Å². The predicted molar refractivity (Wildman–Crippen MR) is 90.7 cm³/mol. The molecule has 1 aliphatic carbocycles. The molecule has 0 radical (unpaired) electrons. The number of nitrogens with one attached hydrogen (secondary N) is 1. The second-order valence-corrected chi connectivity index (χ2v) is 7.32. The number of hydrogen-bond donors (Lipinski definition) is 1. The van der Waals surface area contributed by atoms with Crippen LogP contribution in [0.5, 0.6) is 0 Å². The fourth-order valence-electron chi connectivity index (χ4n) is 2.56. The molecule has 0 bridgehead atoms. The van der Waals surface area contributed by atoms with Crippen molar-refractivity contribution >= 4 is 11.8 Å². The maximum atomic E-state index is 9.53. The Morgan fingerprint density at radius 1 is 1.38 bits per heavy atom. The van der Waals surface area contributed by atoms with Crippen molar-refractivity contribution < 1.29 is 0 Å². The first kappa shape index (κ1) is 16.4. The Balaban J connectivity index is 1.82. The summed E-state index contributed by atoms with van der Waals surface area (Å²) in [5, 5.41) is 13.1. The van der Waals surface area contributed by atoms with E-state index in [9.17, 15) is 5.26 Å². The van der Waals surface area contributed by atoms with Gasteiger partial charge in [0.15, 0.2) is 0 Å². The first-order valence-electron chi connectivity index (χ1n) is 7.97. The molecule has 0 saturated heterocycles. The fourth-order valence-corrected chi connectivity index (χ4v) is 3.63. The van der Waals surface area contributed by atoms with E-state index in [1.807, 2.05) is 11.8 Å². The van der Waals surface area contributed by atoms with Crippen LogP contribution in [-0.4, -0.2) is 17.3 Å². The van der Waals surface area contributed by atoms with Crippen LogP contribution in [0.25, 0.3) is 0 Å². The number of rotatable bonds is 8. The van der Waals surface area contributed by atoms with Gasteiger partial charge in [0.1, 0.15) is 5.54 Å². The van der Waals surface area contributed by atoms with E-state index in [2.05, 4.69) is 50.4 Å². The molecule has 1 fully saturated rings. The third-order valence-corrected chi connectivity index (χ3v) is 5.47. The number of hydrogen-bond acceptors (Lipinski definition) is 3. The van der Waals surface area contributed by atoms with Gasteiger partial charge in [0.2, 0.25) is 0 Å². The lowest BCUT2D eigenvalue weighted by Gasteiger charge is -2.26. The Morgan fingerprint density at radius 3 is 2.76 bits per heavy atom. The van der Waals surface area contributed by atoms with Crippen LogP contribution >= 0.6 is 11.8 Å². The molecule has 0 amide bonds. The van der Waals surface area contributed by atoms with E-state index in [1.54, 1.807) is 0 Å². The minimum absolute atomic E-state index is 0.302. The highest BCUT2D eigenvalue weighted by molar-refractivity contribution is 7.99. The molecule has 1 saturated carbocycles. The van der Waals surface area contributed by atoms with Crippen molar-refractivity contribution in [3.63, 3.8) is 0 Å². The Bertz CT molecular complexity index is 516. The van der Waals surface area contributed by atoms with Crippen LogP contribution in [0.15, 0.2) is 23.1 Å². The summed E-state index contributed by atoms with van der Waals surface area (Å²) in [6.45, 7) is 6.43. The maximum absolute atomic E-state index is 9.53. The molecule has 3 heteroatoms. The highest BCUT2D eigenvalue weighted by Gasteiger charge is 2.34. The van der Waals surface area contributed by atoms with Gasteiger partial charge in [0.25, 0.3) is 0 Å². The summed E-state index contributed by atoms with van der Waals surface area (Å²) in [6.07, 6.45) is 5.41. The molecule has 1 aromatic rings. The zero-order chi connectivity index (χ0) is 15.3. The number of nitriles is 1. The van der Waals surface area contributed by atoms with E-state index in [-0.39, 0.29) is 5.54 Å². The van der Waals surface area contributed by atoms with Crippen LogP contribution in [0.1, 0.15) is 50.2 Å². The highest BCUT2D eigenvalue weighted by Crippen LogP contribution is 2.29. The van der Waals surface area contributed by atoms with Crippen molar-refractivity contribution in [3.05, 3.63) is 29.3 Å². The van der Waals surface area contributed by atoms with Crippen molar-refractivity contribution in [2.75, 3.05) is 5.75 Å². The number of nitrogens with zero attached hydrogens (tertiary/aromatic N) is 1. The molecule has 1 aliphatic rings. The smallest absolute Gasteiger partial charge is 0.106 e. The Hall–Kier alpha value is -0.980. The van der Waals surface area contributed by atoms with E-state index in [4.69, 9.17) is 0 Å². The predicted octanol–water partition coefficient (Wildman–Crippen LogP) is 4.60. The third-order valence-electron chi connectivity index (χ3n) is 4.22. The molecule has 1 N–H and O–H groups in total. The second-order valence-electron chi connectivity index (χ2n) is 6.19. The fraction of sp³-hybridized carbons (Fsp3) is 0.611. The topological polar surface area (TPSA) is 35.8 Å². The molecule has 0 aliphatic heterocycles. The first-order chi connectivity index (χ1) is 10.1. The largest absolute Gasteiger partial charge is 0.297 e. The lowest BCUT2D eigenvalue weighted by Crippen LogP contribution is -2.44. The lowest BCUT2D eigenvalue weighted by molar-refractivity contribution is 0.367. The highest BCUT2D eigenvalue weighted by atomic mass is 32.2. The summed E-state index contributed by atoms with van der Waals surface area (Å²) >= 11 is 1.92. The molecule has 114 valence electrons. The molecule has 0 heterocycles. The van der Waals surface area contributed by atoms with Gasteiger partial charge in [-0.05, 0) is 63.3 Å². The van der Waals surface area contributed by atoms with Crippen LogP contribution in [0, 0.1) is 25.2 Å². The minimum atomic E-state index is -0.302. The Kier molecular flexibility index (Phi) is 5.72. The van der Waals surface area contributed by atoms with Crippen molar-refractivity contribution in [3.8, 4) is 6.07 Å². The van der Waals surface area contributed by atoms with Crippen molar-refractivity contribution in [2.24, 2.45) is 0 Å². The van der Waals surface area contributed by atoms with E-state index in [0.717, 1.165) is 25.0 Å². The zero-order valence-electron chi connectivity index (χ0n) is 13.4. The third kappa shape index (κ3) is 4.76. The zero-order valence-corrected chi connectivity index (χ0v) is 14.2. The van der Waals surface area contributed by atoms with Gasteiger partial charge < -0.3 is 0 Å². The summed E-state index contributed by atoms with van der Waals surface area (Å²) < 4.78 is 0. The van der Waals surface area contributed by atoms with Gasteiger partial charge in [-0.2, -0.15) is 5.26 Å². The molecular formula is C18H26N2S. The second kappa shape index (κ2) is 7.33. The SMILES string of the molecule is CCC(C#N)(CCCSc1cc(C)ccc1C)NC1CC1. The van der Waals surface area contributed by atoms with Gasteiger partial charge in [-0.3, -0.25) is 5.32 Å². The van der Waals surface area contributed by atoms with Crippen molar-refractivity contribution in [1.29, 1.82) is 5.26 Å². The van der Waals surface area contributed by atoms with E-state index < -0.39 is 0 Å². The monoisotopic (exact) mass is 302 g/mol. The van der Waals surface area contributed by atoms with Gasteiger partial charge >= 0.3 is 0 Å². The molecular weight excluding hydrogens is 276 g/mol. The van der Waals surface area contributed by atoms with Gasteiger partial charge in [0, 0.05) is 10.9 Å². The summed E-state index contributed by atoms with van der Waals surface area (Å²) in [7, 11) is 0. The van der Waals surface area contributed by atoms with E-state index in [0.29, 0.717) is 6.04 Å². The summed E-state index contributed by atoms with van der Waals surface area (Å²) in [6, 6.07) is 9.75. The Morgan fingerprint density at radius 2 is 2.14 bits per heavy atom. The molecule has 0 spiro atoms. The van der Waals surface area contributed by atoms with Crippen LogP contribution in [0.2, 0.25) is 0 Å². The number of benzene rings is 1. The standard InChI is InChI=1S/C18H26N2S/c1-4-18(13-19,20-16-8-9-16)10-5-11-21-17-12-14(2)6-7-15(17)3/h6-7,12,16,20H,4-5,8-11H2,1-3H3. The van der Waals surface area contributed by atoms with Crippen LogP contribution in [0.3, 0.4) is 0 Å². The minimum Gasteiger partial charge on any atom is -0.297 e. The lowest BCUT2D eigenvalue weighted by atomic mass is 9.92. The van der Waals surface area contributed by atoms with Crippen LogP contribution in [-0.2, 0) is 0 Å².